The van der Waals surface area contributed by atoms with Crippen LogP contribution in [0.5, 0.6) is 5.88 Å². The van der Waals surface area contributed by atoms with Gasteiger partial charge in [-0.1, -0.05) is 12.1 Å². The van der Waals surface area contributed by atoms with Crippen LogP contribution in [0.1, 0.15) is 16.1 Å². The van der Waals surface area contributed by atoms with E-state index in [1.165, 1.54) is 7.11 Å². The van der Waals surface area contributed by atoms with Crippen molar-refractivity contribution < 1.29 is 19.0 Å². The number of rotatable bonds is 8. The molecule has 0 bridgehead atoms. The van der Waals surface area contributed by atoms with Crippen molar-refractivity contribution in [2.45, 2.75) is 13.0 Å². The topological polar surface area (TPSA) is 117 Å². The summed E-state index contributed by atoms with van der Waals surface area (Å²) >= 11 is 0. The van der Waals surface area contributed by atoms with Gasteiger partial charge in [-0.2, -0.15) is 5.10 Å². The number of carbonyl (C=O) groups excluding carboxylic acids is 1. The largest absolute Gasteiger partial charge is 0.476 e. The Hall–Kier alpha value is -3.63. The van der Waals surface area contributed by atoms with Crippen LogP contribution in [0.15, 0.2) is 42.6 Å². The van der Waals surface area contributed by atoms with Gasteiger partial charge < -0.3 is 25.3 Å². The van der Waals surface area contributed by atoms with Crippen LogP contribution in [0, 0.1) is 6.92 Å². The van der Waals surface area contributed by atoms with Crippen molar-refractivity contribution in [1.82, 2.24) is 19.7 Å². The Morgan fingerprint density at radius 3 is 2.94 bits per heavy atom. The number of pyridine rings is 1. The fourth-order valence-corrected chi connectivity index (χ4v) is 4.10. The van der Waals surface area contributed by atoms with E-state index in [0.29, 0.717) is 49.2 Å². The SMILES string of the molecule is COC(=O)c1cc(C)nc(-c2cnn(C)c2OCCN2CCOCC(Nc3ccccc3N)C2)c1. The zero-order valence-corrected chi connectivity index (χ0v) is 20.4. The zero-order chi connectivity index (χ0) is 24.8. The van der Waals surface area contributed by atoms with Crippen LogP contribution in [-0.4, -0.2) is 78.2 Å². The molecule has 3 aromatic rings. The number of hydrogen-bond donors (Lipinski definition) is 2. The lowest BCUT2D eigenvalue weighted by Crippen LogP contribution is -2.39. The Kier molecular flexibility index (Phi) is 7.84. The maximum atomic E-state index is 12.0. The van der Waals surface area contributed by atoms with Crippen LogP contribution in [0.2, 0.25) is 0 Å². The maximum absolute atomic E-state index is 12.0. The molecule has 10 heteroatoms. The van der Waals surface area contributed by atoms with Gasteiger partial charge in [-0.3, -0.25) is 9.88 Å². The number of benzene rings is 1. The lowest BCUT2D eigenvalue weighted by Gasteiger charge is -2.25. The van der Waals surface area contributed by atoms with Gasteiger partial charge in [0.05, 0.1) is 60.8 Å². The summed E-state index contributed by atoms with van der Waals surface area (Å²) in [6.45, 7) is 5.89. The van der Waals surface area contributed by atoms with Crippen molar-refractivity contribution in [1.29, 1.82) is 0 Å². The highest BCUT2D eigenvalue weighted by Crippen LogP contribution is 2.29. The van der Waals surface area contributed by atoms with E-state index >= 15 is 0 Å². The van der Waals surface area contributed by atoms with Crippen LogP contribution >= 0.6 is 0 Å². The third-order valence-corrected chi connectivity index (χ3v) is 5.85. The van der Waals surface area contributed by atoms with Crippen molar-refractivity contribution in [2.24, 2.45) is 7.05 Å². The Morgan fingerprint density at radius 2 is 2.14 bits per heavy atom. The summed E-state index contributed by atoms with van der Waals surface area (Å²) < 4.78 is 18.5. The smallest absolute Gasteiger partial charge is 0.337 e. The second-order valence-electron chi connectivity index (χ2n) is 8.51. The number of ether oxygens (including phenoxy) is 3. The van der Waals surface area contributed by atoms with Gasteiger partial charge in [-0.05, 0) is 31.2 Å². The van der Waals surface area contributed by atoms with Gasteiger partial charge in [0, 0.05) is 32.4 Å². The number of nitrogens with two attached hydrogens (primary N) is 1. The lowest BCUT2D eigenvalue weighted by atomic mass is 10.1. The van der Waals surface area contributed by atoms with Gasteiger partial charge in [-0.15, -0.1) is 0 Å². The molecule has 0 aliphatic carbocycles. The molecule has 0 radical (unpaired) electrons. The first-order valence-electron chi connectivity index (χ1n) is 11.6. The molecule has 1 aliphatic rings. The van der Waals surface area contributed by atoms with Gasteiger partial charge in [0.2, 0.25) is 5.88 Å². The monoisotopic (exact) mass is 480 g/mol. The predicted octanol–water partition coefficient (Wildman–Crippen LogP) is 2.35. The number of anilines is 2. The number of hydrogen-bond acceptors (Lipinski definition) is 9. The summed E-state index contributed by atoms with van der Waals surface area (Å²) in [4.78, 5) is 18.9. The molecule has 2 aromatic heterocycles. The van der Waals surface area contributed by atoms with E-state index < -0.39 is 5.97 Å². The summed E-state index contributed by atoms with van der Waals surface area (Å²) in [5.41, 5.74) is 10.2. The molecule has 0 amide bonds. The quantitative estimate of drug-likeness (QED) is 0.370. The van der Waals surface area contributed by atoms with E-state index in [2.05, 4.69) is 20.3 Å². The highest BCUT2D eigenvalue weighted by molar-refractivity contribution is 5.90. The Bertz CT molecular complexity index is 1160. The number of aromatic nitrogens is 3. The number of carbonyl (C=O) groups is 1. The van der Waals surface area contributed by atoms with Crippen LogP contribution in [0.3, 0.4) is 0 Å². The summed E-state index contributed by atoms with van der Waals surface area (Å²) in [5.74, 6) is 0.184. The lowest BCUT2D eigenvalue weighted by molar-refractivity contribution is 0.0600. The fourth-order valence-electron chi connectivity index (χ4n) is 4.10. The van der Waals surface area contributed by atoms with E-state index in [0.717, 1.165) is 30.0 Å². The number of para-hydroxylation sites is 2. The number of nitrogen functional groups attached to an aromatic ring is 1. The molecule has 10 nitrogen and oxygen atoms in total. The summed E-state index contributed by atoms with van der Waals surface area (Å²) in [5, 5.41) is 7.84. The molecule has 1 aliphatic heterocycles. The standard InChI is InChI=1S/C25H32N6O4/c1-17-12-18(25(32)33-3)13-23(28-17)20-14-27-30(2)24(20)35-11-9-31-8-10-34-16-19(15-31)29-22-7-5-4-6-21(22)26/h4-7,12-14,19,29H,8-11,15-16,26H2,1-3H3. The van der Waals surface area contributed by atoms with Crippen molar-refractivity contribution >= 4 is 17.3 Å². The first-order chi connectivity index (χ1) is 16.9. The summed E-state index contributed by atoms with van der Waals surface area (Å²) in [6, 6.07) is 11.2. The number of methoxy groups -OCH3 is 1. The molecular formula is C25H32N6O4. The van der Waals surface area contributed by atoms with E-state index in [1.807, 2.05) is 38.2 Å². The average Bonchev–Trinajstić information content (AvgIpc) is 3.06. The number of aryl methyl sites for hydroxylation is 2. The van der Waals surface area contributed by atoms with Crippen molar-refractivity contribution in [2.75, 3.05) is 57.6 Å². The molecule has 3 N–H and O–H groups in total. The molecule has 4 rings (SSSR count). The second-order valence-corrected chi connectivity index (χ2v) is 8.51. The Balaban J connectivity index is 1.41. The van der Waals surface area contributed by atoms with Gasteiger partial charge in [0.1, 0.15) is 6.61 Å². The molecule has 1 aromatic carbocycles. The van der Waals surface area contributed by atoms with Crippen LogP contribution in [-0.2, 0) is 16.5 Å². The molecule has 0 saturated carbocycles. The van der Waals surface area contributed by atoms with Crippen LogP contribution in [0.4, 0.5) is 11.4 Å². The average molecular weight is 481 g/mol. The molecule has 3 heterocycles. The van der Waals surface area contributed by atoms with E-state index in [1.54, 1.807) is 23.0 Å². The minimum atomic E-state index is -0.410. The molecule has 1 fully saturated rings. The zero-order valence-electron chi connectivity index (χ0n) is 20.4. The first kappa shape index (κ1) is 24.5. The Morgan fingerprint density at radius 1 is 1.31 bits per heavy atom. The van der Waals surface area contributed by atoms with Gasteiger partial charge >= 0.3 is 5.97 Å². The molecule has 1 atom stereocenters. The van der Waals surface area contributed by atoms with Crippen molar-refractivity contribution in [3.8, 4) is 17.1 Å². The first-order valence-corrected chi connectivity index (χ1v) is 11.6. The van der Waals surface area contributed by atoms with E-state index in [9.17, 15) is 4.79 Å². The molecule has 35 heavy (non-hydrogen) atoms. The minimum absolute atomic E-state index is 0.114. The second kappa shape index (κ2) is 11.2. The molecule has 186 valence electrons. The highest BCUT2D eigenvalue weighted by atomic mass is 16.5. The number of esters is 1. The number of nitrogens with zero attached hydrogens (tertiary/aromatic N) is 4. The minimum Gasteiger partial charge on any atom is -0.476 e. The van der Waals surface area contributed by atoms with Crippen LogP contribution < -0.4 is 15.8 Å². The summed E-state index contributed by atoms with van der Waals surface area (Å²) in [6.07, 6.45) is 1.70. The molecule has 1 saturated heterocycles. The van der Waals surface area contributed by atoms with E-state index in [-0.39, 0.29) is 6.04 Å². The van der Waals surface area contributed by atoms with E-state index in [4.69, 9.17) is 19.9 Å². The van der Waals surface area contributed by atoms with Gasteiger partial charge in [0.15, 0.2) is 0 Å². The Labute approximate surface area is 205 Å². The van der Waals surface area contributed by atoms with Crippen molar-refractivity contribution in [3.63, 3.8) is 0 Å². The van der Waals surface area contributed by atoms with Gasteiger partial charge in [-0.25, -0.2) is 9.48 Å². The molecular weight excluding hydrogens is 448 g/mol. The predicted molar refractivity (Wildman–Crippen MR) is 134 cm³/mol. The molecule has 1 unspecified atom stereocenters. The third-order valence-electron chi connectivity index (χ3n) is 5.85. The molecule has 0 spiro atoms. The maximum Gasteiger partial charge on any atom is 0.337 e. The highest BCUT2D eigenvalue weighted by Gasteiger charge is 2.21. The number of nitrogens with one attached hydrogen (secondary N) is 1. The van der Waals surface area contributed by atoms with Gasteiger partial charge in [0.25, 0.3) is 0 Å². The van der Waals surface area contributed by atoms with Crippen LogP contribution in [0.25, 0.3) is 11.3 Å². The van der Waals surface area contributed by atoms with Crippen molar-refractivity contribution in [3.05, 3.63) is 53.9 Å². The normalized spacial score (nSPS) is 16.5. The third kappa shape index (κ3) is 6.09. The fraction of sp³-hybridized carbons (Fsp3) is 0.400. The summed E-state index contributed by atoms with van der Waals surface area (Å²) in [7, 11) is 3.18.